The zero-order valence-corrected chi connectivity index (χ0v) is 7.89. The molecule has 13 heavy (non-hydrogen) atoms. The Morgan fingerprint density at radius 1 is 1.15 bits per heavy atom. The van der Waals surface area contributed by atoms with Gasteiger partial charge >= 0.3 is 0 Å². The van der Waals surface area contributed by atoms with Gasteiger partial charge in [0.1, 0.15) is 4.90 Å². The van der Waals surface area contributed by atoms with Crippen molar-refractivity contribution < 1.29 is 25.6 Å². The highest BCUT2D eigenvalue weighted by molar-refractivity contribution is 7.90. The summed E-state index contributed by atoms with van der Waals surface area (Å²) < 4.78 is 24.2. The van der Waals surface area contributed by atoms with Crippen molar-refractivity contribution >= 4 is 15.9 Å². The average Bonchev–Trinajstić information content (AvgIpc) is 2.25. The first kappa shape index (κ1) is 10.0. The van der Waals surface area contributed by atoms with Crippen molar-refractivity contribution in [2.75, 3.05) is 0 Å². The lowest BCUT2D eigenvalue weighted by atomic mass is 10.2. The number of benzene rings is 1. The first-order chi connectivity index (χ1) is 5.61. The van der Waals surface area contributed by atoms with E-state index in [0.717, 1.165) is 0 Å². The van der Waals surface area contributed by atoms with E-state index in [9.17, 15) is 13.2 Å². The Hall–Kier alpha value is -1.07. The Labute approximate surface area is 81.4 Å². The summed E-state index contributed by atoms with van der Waals surface area (Å²) in [4.78, 5) is 11.1. The molecule has 0 unspecified atom stereocenters. The molecular weight excluding hydrogens is 214 g/mol. The van der Waals surface area contributed by atoms with Gasteiger partial charge in [0.25, 0.3) is 15.9 Å². The van der Waals surface area contributed by atoms with E-state index < -0.39 is 15.9 Å². The molecule has 0 saturated heterocycles. The van der Waals surface area contributed by atoms with Gasteiger partial charge in [-0.2, -0.15) is 0 Å². The Bertz CT molecular complexity index is 455. The Kier molecular flexibility index (Phi) is 2.32. The molecule has 0 aromatic heterocycles. The van der Waals surface area contributed by atoms with Gasteiger partial charge < -0.3 is 12.4 Å². The van der Waals surface area contributed by atoms with Crippen LogP contribution in [0.5, 0.6) is 0 Å². The quantitative estimate of drug-likeness (QED) is 0.509. The summed E-state index contributed by atoms with van der Waals surface area (Å²) in [5.74, 6) is -0.550. The van der Waals surface area contributed by atoms with Gasteiger partial charge in [0.05, 0.1) is 5.56 Å². The lowest BCUT2D eigenvalue weighted by Crippen LogP contribution is -3.00. The van der Waals surface area contributed by atoms with E-state index in [-0.39, 0.29) is 22.9 Å². The number of rotatable bonds is 0. The van der Waals surface area contributed by atoms with Crippen LogP contribution in [-0.2, 0) is 10.0 Å². The number of fused-ring (bicyclic) bond motifs is 1. The molecule has 70 valence electrons. The third-order valence-electron chi connectivity index (χ3n) is 1.65. The minimum absolute atomic E-state index is 0. The number of halogens is 1. The predicted molar refractivity (Wildman–Crippen MR) is 41.1 cm³/mol. The highest BCUT2D eigenvalue weighted by Gasteiger charge is 2.31. The Morgan fingerprint density at radius 3 is 2.38 bits per heavy atom. The van der Waals surface area contributed by atoms with Crippen LogP contribution in [0, 0.1) is 0 Å². The molecule has 1 aliphatic heterocycles. The van der Waals surface area contributed by atoms with Gasteiger partial charge in [0.2, 0.25) is 0 Å². The number of carbonyl (C=O) groups is 1. The lowest BCUT2D eigenvalue weighted by Gasteiger charge is -1.91. The van der Waals surface area contributed by atoms with Crippen molar-refractivity contribution in [3.63, 3.8) is 0 Å². The van der Waals surface area contributed by atoms with Crippen LogP contribution in [0.4, 0.5) is 0 Å². The number of sulfonamides is 1. The van der Waals surface area contributed by atoms with Crippen LogP contribution in [-0.4, -0.2) is 14.3 Å². The molecule has 0 saturated carbocycles. The Balaban J connectivity index is 0.000000845. The standard InChI is InChI=1S/C7H5NO3S.ClH/c9-7-5-3-1-2-4-6(5)12(10,11)8-7;/h1-4H,(H,8,9);1H/p-1. The summed E-state index contributed by atoms with van der Waals surface area (Å²) in [5, 5.41) is 0. The third-order valence-corrected chi connectivity index (χ3v) is 3.04. The monoisotopic (exact) mass is 218 g/mol. The molecular formula is C7H5ClNO3S-. The topological polar surface area (TPSA) is 63.2 Å². The molecule has 0 spiro atoms. The van der Waals surface area contributed by atoms with Gasteiger partial charge in [0, 0.05) is 0 Å². The molecule has 4 nitrogen and oxygen atoms in total. The van der Waals surface area contributed by atoms with Crippen LogP contribution in [0.3, 0.4) is 0 Å². The molecule has 1 amide bonds. The fourth-order valence-electron chi connectivity index (χ4n) is 1.12. The summed E-state index contributed by atoms with van der Waals surface area (Å²) in [7, 11) is -3.55. The number of amides is 1. The first-order valence-electron chi connectivity index (χ1n) is 3.27. The summed E-state index contributed by atoms with van der Waals surface area (Å²) in [6, 6.07) is 6.09. The largest absolute Gasteiger partial charge is 1.00 e. The van der Waals surface area contributed by atoms with Crippen molar-refractivity contribution in [2.45, 2.75) is 4.90 Å². The summed E-state index contributed by atoms with van der Waals surface area (Å²) >= 11 is 0. The van der Waals surface area contributed by atoms with Crippen molar-refractivity contribution in [3.05, 3.63) is 29.8 Å². The minimum Gasteiger partial charge on any atom is -1.00 e. The molecule has 1 N–H and O–H groups in total. The van der Waals surface area contributed by atoms with Crippen molar-refractivity contribution in [2.24, 2.45) is 0 Å². The van der Waals surface area contributed by atoms with Crippen LogP contribution in [0.25, 0.3) is 0 Å². The third kappa shape index (κ3) is 1.40. The number of hydrogen-bond acceptors (Lipinski definition) is 3. The molecule has 0 atom stereocenters. The van der Waals surface area contributed by atoms with Crippen molar-refractivity contribution in [1.29, 1.82) is 0 Å². The number of hydrogen-bond donors (Lipinski definition) is 1. The second-order valence-electron chi connectivity index (χ2n) is 2.43. The zero-order chi connectivity index (χ0) is 8.77. The van der Waals surface area contributed by atoms with Gasteiger partial charge in [-0.1, -0.05) is 12.1 Å². The van der Waals surface area contributed by atoms with E-state index in [4.69, 9.17) is 0 Å². The molecule has 1 aromatic carbocycles. The summed E-state index contributed by atoms with van der Waals surface area (Å²) in [6.45, 7) is 0. The predicted octanol–water partition coefficient (Wildman–Crippen LogP) is -2.88. The van der Waals surface area contributed by atoms with Gasteiger partial charge in [-0.15, -0.1) is 0 Å². The van der Waals surface area contributed by atoms with Crippen LogP contribution in [0.15, 0.2) is 29.2 Å². The van der Waals surface area contributed by atoms with E-state index in [1.54, 1.807) is 12.1 Å². The molecule has 0 fully saturated rings. The second-order valence-corrected chi connectivity index (χ2v) is 4.08. The summed E-state index contributed by atoms with van der Waals surface area (Å²) in [5.41, 5.74) is 0.220. The average molecular weight is 219 g/mol. The normalized spacial score (nSPS) is 17.1. The van der Waals surface area contributed by atoms with E-state index in [2.05, 4.69) is 0 Å². The molecule has 1 heterocycles. The van der Waals surface area contributed by atoms with Gasteiger partial charge in [0.15, 0.2) is 0 Å². The number of carbonyl (C=O) groups excluding carboxylic acids is 1. The fraction of sp³-hybridized carbons (Fsp3) is 0. The first-order valence-corrected chi connectivity index (χ1v) is 4.76. The maximum Gasteiger partial charge on any atom is 0.266 e. The van der Waals surface area contributed by atoms with E-state index in [1.165, 1.54) is 12.1 Å². The van der Waals surface area contributed by atoms with Crippen LogP contribution in [0.1, 0.15) is 10.4 Å². The zero-order valence-electron chi connectivity index (χ0n) is 6.32. The molecule has 0 radical (unpaired) electrons. The smallest absolute Gasteiger partial charge is 0.266 e. The molecule has 2 rings (SSSR count). The molecule has 0 bridgehead atoms. The van der Waals surface area contributed by atoms with E-state index in [1.807, 2.05) is 4.72 Å². The van der Waals surface area contributed by atoms with Gasteiger partial charge in [-0.25, -0.2) is 13.1 Å². The van der Waals surface area contributed by atoms with E-state index in [0.29, 0.717) is 0 Å². The maximum atomic E-state index is 11.1. The summed E-state index contributed by atoms with van der Waals surface area (Å²) in [6.07, 6.45) is 0. The van der Waals surface area contributed by atoms with Crippen LogP contribution < -0.4 is 17.1 Å². The molecule has 1 aromatic rings. The molecule has 6 heteroatoms. The fourth-order valence-corrected chi connectivity index (χ4v) is 2.29. The molecule has 1 aliphatic rings. The highest BCUT2D eigenvalue weighted by atomic mass is 35.5. The molecule has 0 aliphatic carbocycles. The van der Waals surface area contributed by atoms with Crippen molar-refractivity contribution in [3.8, 4) is 0 Å². The van der Waals surface area contributed by atoms with Crippen LogP contribution in [0.2, 0.25) is 0 Å². The number of nitrogens with one attached hydrogen (secondary N) is 1. The van der Waals surface area contributed by atoms with E-state index >= 15 is 0 Å². The second kappa shape index (κ2) is 3.01. The SMILES string of the molecule is O=C1NS(=O)(=O)c2ccccc21.[Cl-]. The highest BCUT2D eigenvalue weighted by Crippen LogP contribution is 2.20. The Morgan fingerprint density at radius 2 is 1.77 bits per heavy atom. The van der Waals surface area contributed by atoms with Crippen molar-refractivity contribution in [1.82, 2.24) is 4.72 Å². The van der Waals surface area contributed by atoms with Gasteiger partial charge in [-0.05, 0) is 12.1 Å². The lowest BCUT2D eigenvalue weighted by molar-refractivity contribution is -0.0000136. The van der Waals surface area contributed by atoms with Crippen LogP contribution >= 0.6 is 0 Å². The maximum absolute atomic E-state index is 11.1. The van der Waals surface area contributed by atoms with Gasteiger partial charge in [-0.3, -0.25) is 4.79 Å². The minimum atomic E-state index is -3.55.